The van der Waals surface area contributed by atoms with E-state index in [0.29, 0.717) is 22.4 Å². The highest BCUT2D eigenvalue weighted by atomic mass is 16.6. The Hall–Kier alpha value is -4.53. The highest BCUT2D eigenvalue weighted by molar-refractivity contribution is 6.46. The molecule has 0 unspecified atom stereocenters. The van der Waals surface area contributed by atoms with Crippen LogP contribution < -0.4 is 4.74 Å². The predicted octanol–water partition coefficient (Wildman–Crippen LogP) is 4.40. The molecule has 0 spiro atoms. The molecule has 0 bridgehead atoms. The Morgan fingerprint density at radius 3 is 2.37 bits per heavy atom. The lowest BCUT2D eigenvalue weighted by atomic mass is 9.95. The van der Waals surface area contributed by atoms with Crippen molar-refractivity contribution in [1.82, 2.24) is 9.88 Å². The molecule has 1 aliphatic rings. The highest BCUT2D eigenvalue weighted by Gasteiger charge is 2.46. The number of nitrogens with zero attached hydrogens (tertiary/aromatic N) is 3. The van der Waals surface area contributed by atoms with E-state index in [1.54, 1.807) is 48.8 Å². The van der Waals surface area contributed by atoms with Gasteiger partial charge in [-0.15, -0.1) is 0 Å². The number of Topliss-reactive ketones (excluding diaryl/α,β-unsaturated/α-hetero) is 1. The van der Waals surface area contributed by atoms with Gasteiger partial charge in [0.2, 0.25) is 0 Å². The minimum atomic E-state index is -0.942. The summed E-state index contributed by atoms with van der Waals surface area (Å²) in [6.07, 6.45) is 3.15. The third-order valence-electron chi connectivity index (χ3n) is 5.53. The molecule has 1 amide bonds. The van der Waals surface area contributed by atoms with Crippen molar-refractivity contribution in [3.63, 3.8) is 0 Å². The summed E-state index contributed by atoms with van der Waals surface area (Å²) < 4.78 is 5.63. The molecule has 1 N–H and O–H groups in total. The van der Waals surface area contributed by atoms with Crippen LogP contribution in [0.1, 0.15) is 36.6 Å². The quantitative estimate of drug-likeness (QED) is 0.177. The number of carbonyl (C=O) groups is 2. The summed E-state index contributed by atoms with van der Waals surface area (Å²) in [5.41, 5.74) is 1.27. The monoisotopic (exact) mass is 473 g/mol. The van der Waals surface area contributed by atoms with Crippen molar-refractivity contribution in [3.8, 4) is 5.75 Å². The van der Waals surface area contributed by atoms with E-state index in [-0.39, 0.29) is 29.7 Å². The van der Waals surface area contributed by atoms with Gasteiger partial charge < -0.3 is 14.7 Å². The maximum Gasteiger partial charge on any atom is 0.295 e. The van der Waals surface area contributed by atoms with Crippen LogP contribution in [-0.2, 0) is 16.1 Å². The van der Waals surface area contributed by atoms with E-state index in [1.807, 2.05) is 13.8 Å². The van der Waals surface area contributed by atoms with Gasteiger partial charge in [-0.25, -0.2) is 0 Å². The van der Waals surface area contributed by atoms with Crippen LogP contribution in [0, 0.1) is 10.1 Å². The molecule has 1 aromatic heterocycles. The van der Waals surface area contributed by atoms with Crippen LogP contribution in [-0.4, -0.2) is 37.7 Å². The minimum Gasteiger partial charge on any atom is -0.507 e. The Balaban J connectivity index is 1.80. The first-order chi connectivity index (χ1) is 16.8. The summed E-state index contributed by atoms with van der Waals surface area (Å²) >= 11 is 0. The number of likely N-dealkylation sites (tertiary alicyclic amines) is 1. The number of hydrogen-bond donors (Lipinski definition) is 1. The second kappa shape index (κ2) is 9.76. The minimum absolute atomic E-state index is 0.0330. The molecule has 35 heavy (non-hydrogen) atoms. The Morgan fingerprint density at radius 1 is 1.11 bits per heavy atom. The van der Waals surface area contributed by atoms with E-state index in [0.717, 1.165) is 0 Å². The van der Waals surface area contributed by atoms with Gasteiger partial charge in [-0.2, -0.15) is 0 Å². The molecule has 9 nitrogen and oxygen atoms in total. The zero-order valence-corrected chi connectivity index (χ0v) is 19.1. The van der Waals surface area contributed by atoms with E-state index in [4.69, 9.17) is 4.74 Å². The van der Waals surface area contributed by atoms with Gasteiger partial charge >= 0.3 is 0 Å². The third kappa shape index (κ3) is 4.89. The van der Waals surface area contributed by atoms with Crippen LogP contribution in [0.15, 0.2) is 78.6 Å². The maximum atomic E-state index is 13.1. The topological polar surface area (TPSA) is 123 Å². The van der Waals surface area contributed by atoms with Crippen molar-refractivity contribution < 1.29 is 24.4 Å². The van der Waals surface area contributed by atoms with E-state index in [2.05, 4.69) is 4.98 Å². The number of amides is 1. The van der Waals surface area contributed by atoms with Crippen LogP contribution in [0.3, 0.4) is 0 Å². The number of aliphatic hydroxyl groups is 1. The molecule has 1 aliphatic heterocycles. The van der Waals surface area contributed by atoms with E-state index < -0.39 is 22.7 Å². The van der Waals surface area contributed by atoms with E-state index in [9.17, 15) is 24.8 Å². The number of nitro benzene ring substituents is 1. The van der Waals surface area contributed by atoms with Crippen molar-refractivity contribution in [2.24, 2.45) is 0 Å². The average Bonchev–Trinajstić information content (AvgIpc) is 3.09. The lowest BCUT2D eigenvalue weighted by molar-refractivity contribution is -0.384. The molecule has 3 aromatic rings. The largest absolute Gasteiger partial charge is 0.507 e. The van der Waals surface area contributed by atoms with Crippen LogP contribution in [0.5, 0.6) is 5.75 Å². The Bertz CT molecular complexity index is 1280. The van der Waals surface area contributed by atoms with Crippen molar-refractivity contribution in [3.05, 3.63) is 105 Å². The molecule has 0 aliphatic carbocycles. The summed E-state index contributed by atoms with van der Waals surface area (Å²) in [7, 11) is 0. The number of pyridine rings is 1. The summed E-state index contributed by atoms with van der Waals surface area (Å²) in [5, 5.41) is 22.3. The standard InChI is InChI=1S/C26H23N3O6/c1-16(2)35-21-11-7-19(8-12-21)24(30)22-23(18-5-9-20(10-6-18)29(33)34)28(26(32)25(22)31)15-17-4-3-13-27-14-17/h3-14,16,23,30H,15H2,1-2H3/b24-22+/t23-/m1/s1. The molecule has 2 heterocycles. The summed E-state index contributed by atoms with van der Waals surface area (Å²) in [6, 6.07) is 14.7. The summed E-state index contributed by atoms with van der Waals surface area (Å²) in [6.45, 7) is 3.85. The Morgan fingerprint density at radius 2 is 1.80 bits per heavy atom. The lowest BCUT2D eigenvalue weighted by Crippen LogP contribution is -2.29. The van der Waals surface area contributed by atoms with Crippen LogP contribution >= 0.6 is 0 Å². The molecule has 2 aromatic carbocycles. The Kier molecular flexibility index (Phi) is 6.59. The number of aliphatic hydroxyl groups excluding tert-OH is 1. The zero-order chi connectivity index (χ0) is 25.1. The molecule has 1 saturated heterocycles. The van der Waals surface area contributed by atoms with Crippen molar-refractivity contribution >= 4 is 23.1 Å². The molecule has 1 fully saturated rings. The van der Waals surface area contributed by atoms with Gasteiger partial charge in [-0.1, -0.05) is 6.07 Å². The molecular weight excluding hydrogens is 450 g/mol. The number of rotatable bonds is 7. The van der Waals surface area contributed by atoms with Gasteiger partial charge in [0.1, 0.15) is 11.5 Å². The SMILES string of the molecule is CC(C)Oc1ccc(/C(O)=C2\C(=O)C(=O)N(Cc3cccnc3)[C@@H]2c2ccc([N+](=O)[O-])cc2)cc1. The fraction of sp³-hybridized carbons (Fsp3) is 0.192. The van der Waals surface area contributed by atoms with Crippen molar-refractivity contribution in [2.45, 2.75) is 32.5 Å². The second-order valence-electron chi connectivity index (χ2n) is 8.33. The zero-order valence-electron chi connectivity index (χ0n) is 19.1. The number of ether oxygens (including phenoxy) is 1. The predicted molar refractivity (Wildman–Crippen MR) is 127 cm³/mol. The van der Waals surface area contributed by atoms with Gasteiger partial charge in [0, 0.05) is 36.6 Å². The van der Waals surface area contributed by atoms with Crippen LogP contribution in [0.2, 0.25) is 0 Å². The number of non-ortho nitro benzene ring substituents is 1. The van der Waals surface area contributed by atoms with Gasteiger partial charge in [0.05, 0.1) is 22.6 Å². The van der Waals surface area contributed by atoms with Crippen molar-refractivity contribution in [1.29, 1.82) is 0 Å². The number of benzene rings is 2. The molecule has 1 atom stereocenters. The number of aromatic nitrogens is 1. The molecule has 0 radical (unpaired) electrons. The first-order valence-corrected chi connectivity index (χ1v) is 10.9. The van der Waals surface area contributed by atoms with Gasteiger partial charge in [-0.05, 0) is 67.4 Å². The number of nitro groups is 1. The summed E-state index contributed by atoms with van der Waals surface area (Å²) in [4.78, 5) is 42.2. The first kappa shape index (κ1) is 23.6. The highest BCUT2D eigenvalue weighted by Crippen LogP contribution is 2.40. The average molecular weight is 473 g/mol. The fourth-order valence-corrected chi connectivity index (χ4v) is 3.98. The Labute approximate surface area is 201 Å². The number of hydrogen-bond acceptors (Lipinski definition) is 7. The first-order valence-electron chi connectivity index (χ1n) is 10.9. The molecule has 4 rings (SSSR count). The normalized spacial score (nSPS) is 17.1. The van der Waals surface area contributed by atoms with Gasteiger partial charge in [0.25, 0.3) is 17.4 Å². The second-order valence-corrected chi connectivity index (χ2v) is 8.33. The smallest absolute Gasteiger partial charge is 0.295 e. The molecular formula is C26H23N3O6. The van der Waals surface area contributed by atoms with Gasteiger partial charge in [0.15, 0.2) is 0 Å². The summed E-state index contributed by atoms with van der Waals surface area (Å²) in [5.74, 6) is -1.35. The van der Waals surface area contributed by atoms with E-state index in [1.165, 1.54) is 29.2 Å². The molecule has 9 heteroatoms. The van der Waals surface area contributed by atoms with Crippen LogP contribution in [0.4, 0.5) is 5.69 Å². The van der Waals surface area contributed by atoms with E-state index >= 15 is 0 Å². The molecule has 0 saturated carbocycles. The maximum absolute atomic E-state index is 13.1. The third-order valence-corrected chi connectivity index (χ3v) is 5.53. The lowest BCUT2D eigenvalue weighted by Gasteiger charge is -2.25. The van der Waals surface area contributed by atoms with Crippen molar-refractivity contribution in [2.75, 3.05) is 0 Å². The van der Waals surface area contributed by atoms with Gasteiger partial charge in [-0.3, -0.25) is 24.7 Å². The molecule has 178 valence electrons. The number of carbonyl (C=O) groups excluding carboxylic acids is 2. The number of ketones is 1. The fourth-order valence-electron chi connectivity index (χ4n) is 3.98. The van der Waals surface area contributed by atoms with Crippen LogP contribution in [0.25, 0.3) is 5.76 Å².